The first-order valence-electron chi connectivity index (χ1n) is 33.4. The predicted octanol–water partition coefficient (Wildman–Crippen LogP) is 21.9. The molecule has 1 aliphatic carbocycles. The third-order valence-electron chi connectivity index (χ3n) is 16.4. The molecule has 0 bridgehead atoms. The van der Waals surface area contributed by atoms with E-state index in [0.29, 0.717) is 12.5 Å². The number of benzene rings is 1. The molecule has 1 saturated carbocycles. The summed E-state index contributed by atoms with van der Waals surface area (Å²) in [5, 5.41) is 9.59. The molecule has 0 aliphatic heterocycles. The summed E-state index contributed by atoms with van der Waals surface area (Å²) in [5.74, 6) is 1.22. The van der Waals surface area contributed by atoms with Crippen LogP contribution in [0.2, 0.25) is 0 Å². The van der Waals surface area contributed by atoms with Crippen LogP contribution in [0.3, 0.4) is 0 Å². The lowest BCUT2D eigenvalue weighted by molar-refractivity contribution is -0.172. The van der Waals surface area contributed by atoms with E-state index in [0.717, 1.165) is 63.2 Å². The number of ether oxygens (including phenoxy) is 4. The Morgan fingerprint density at radius 2 is 0.575 bits per heavy atom. The molecule has 0 aromatic heterocycles. The molecular weight excluding hydrogens is 897 g/mol. The van der Waals surface area contributed by atoms with Crippen LogP contribution in [0, 0.1) is 5.92 Å². The largest absolute Gasteiger partial charge is 0.493 e. The van der Waals surface area contributed by atoms with Crippen molar-refractivity contribution in [3.8, 4) is 5.75 Å². The molecule has 2 rings (SSSR count). The first kappa shape index (κ1) is 68.0. The summed E-state index contributed by atoms with van der Waals surface area (Å²) in [6.07, 6.45) is 68.4. The highest BCUT2D eigenvalue weighted by Gasteiger charge is 2.40. The number of hydrogen-bond acceptors (Lipinski definition) is 5. The molecule has 2 unspecified atom stereocenters. The Morgan fingerprint density at radius 1 is 0.329 bits per heavy atom. The Kier molecular flexibility index (Phi) is 50.5. The molecule has 1 aromatic rings. The van der Waals surface area contributed by atoms with Crippen molar-refractivity contribution in [2.24, 2.45) is 5.92 Å². The zero-order chi connectivity index (χ0) is 52.0. The van der Waals surface area contributed by atoms with E-state index in [1.54, 1.807) is 0 Å². The summed E-state index contributed by atoms with van der Waals surface area (Å²) in [6, 6.07) is 7.92. The van der Waals surface area contributed by atoms with Crippen molar-refractivity contribution in [2.75, 3.05) is 26.4 Å². The lowest BCUT2D eigenvalue weighted by atomic mass is 9.83. The quantitative estimate of drug-likeness (QED) is 0.0659. The minimum atomic E-state index is -0.0152. The summed E-state index contributed by atoms with van der Waals surface area (Å²) in [5.41, 5.74) is 0.916. The van der Waals surface area contributed by atoms with Crippen molar-refractivity contribution in [2.45, 2.75) is 367 Å². The van der Waals surface area contributed by atoms with Gasteiger partial charge in [0.05, 0.1) is 25.4 Å². The number of unbranched alkanes of at least 4 members (excludes halogenated alkanes) is 45. The molecule has 430 valence electrons. The van der Waals surface area contributed by atoms with Gasteiger partial charge in [-0.25, -0.2) is 0 Å². The Labute approximate surface area is 456 Å². The van der Waals surface area contributed by atoms with Gasteiger partial charge >= 0.3 is 0 Å². The molecule has 1 fully saturated rings. The summed E-state index contributed by atoms with van der Waals surface area (Å²) < 4.78 is 27.1. The van der Waals surface area contributed by atoms with Gasteiger partial charge < -0.3 is 24.1 Å². The second-order valence-corrected chi connectivity index (χ2v) is 23.5. The minimum absolute atomic E-state index is 0.0152. The monoisotopic (exact) mass is 1020 g/mol. The van der Waals surface area contributed by atoms with Gasteiger partial charge in [0.2, 0.25) is 0 Å². The molecule has 0 radical (unpaired) electrons. The molecule has 1 aliphatic rings. The highest BCUT2D eigenvalue weighted by atomic mass is 16.6. The molecule has 5 heteroatoms. The van der Waals surface area contributed by atoms with Crippen LogP contribution in [-0.2, 0) is 20.8 Å². The maximum Gasteiger partial charge on any atom is 0.119 e. The van der Waals surface area contributed by atoms with E-state index in [4.69, 9.17) is 18.9 Å². The molecule has 2 atom stereocenters. The Balaban J connectivity index is 1.81. The van der Waals surface area contributed by atoms with E-state index in [1.165, 1.54) is 289 Å². The first-order chi connectivity index (χ1) is 36.2. The van der Waals surface area contributed by atoms with Crippen LogP contribution in [0.25, 0.3) is 0 Å². The van der Waals surface area contributed by atoms with E-state index < -0.39 is 0 Å². The molecule has 0 amide bonds. The van der Waals surface area contributed by atoms with Crippen molar-refractivity contribution >= 4 is 0 Å². The SMILES string of the molecule is CCCCCCCCCCCCCCCCCCOC1CC(COc2ccc(CO)cc2)CC(OCCCCCCCCCCCCCCCCCC)C1OCCCCCCCCCCCCCCCCCC. The van der Waals surface area contributed by atoms with Gasteiger partial charge in [-0.2, -0.15) is 0 Å². The number of aliphatic hydroxyl groups excluding tert-OH is 1. The summed E-state index contributed by atoms with van der Waals surface area (Å²) in [6.45, 7) is 10.1. The average molecular weight is 1030 g/mol. The third-order valence-corrected chi connectivity index (χ3v) is 16.4. The topological polar surface area (TPSA) is 57.2 Å². The zero-order valence-corrected chi connectivity index (χ0v) is 49.6. The Morgan fingerprint density at radius 3 is 0.836 bits per heavy atom. The second kappa shape index (κ2) is 54.2. The van der Waals surface area contributed by atoms with Crippen LogP contribution in [0.4, 0.5) is 0 Å². The molecular formula is C68H128O5. The molecule has 73 heavy (non-hydrogen) atoms. The van der Waals surface area contributed by atoms with E-state index in [2.05, 4.69) is 20.8 Å². The molecule has 5 nitrogen and oxygen atoms in total. The van der Waals surface area contributed by atoms with Crippen LogP contribution in [0.1, 0.15) is 347 Å². The van der Waals surface area contributed by atoms with E-state index >= 15 is 0 Å². The molecule has 0 saturated heterocycles. The minimum Gasteiger partial charge on any atom is -0.493 e. The Bertz CT molecular complexity index is 1160. The first-order valence-corrected chi connectivity index (χ1v) is 33.4. The van der Waals surface area contributed by atoms with E-state index in [9.17, 15) is 5.11 Å². The van der Waals surface area contributed by atoms with Gasteiger partial charge in [0.25, 0.3) is 0 Å². The molecule has 1 aromatic carbocycles. The number of hydrogen-bond donors (Lipinski definition) is 1. The molecule has 0 spiro atoms. The fourth-order valence-electron chi connectivity index (χ4n) is 11.5. The van der Waals surface area contributed by atoms with Gasteiger partial charge in [-0.15, -0.1) is 0 Å². The van der Waals surface area contributed by atoms with E-state index in [-0.39, 0.29) is 24.9 Å². The maximum absolute atomic E-state index is 9.59. The standard InChI is InChI=1S/C68H128O5/c1-4-7-10-13-16-19-22-25-28-31-34-37-40-43-46-49-56-70-66-59-64(62-73-65-54-52-63(61-69)53-55-65)60-67(71-57-50-47-44-41-38-35-32-29-26-23-20-17-14-11-8-5-2)68(66)72-58-51-48-45-42-39-36-33-30-27-24-21-18-15-12-9-6-3/h52-55,64,66-69H,4-51,56-62H2,1-3H3. The zero-order valence-electron chi connectivity index (χ0n) is 49.6. The molecule has 0 heterocycles. The fraction of sp³-hybridized carbons (Fsp3) is 0.912. The number of rotatable bonds is 58. The summed E-state index contributed by atoms with van der Waals surface area (Å²) in [7, 11) is 0. The van der Waals surface area contributed by atoms with Crippen LogP contribution in [0.5, 0.6) is 5.75 Å². The van der Waals surface area contributed by atoms with Gasteiger partial charge in [0.15, 0.2) is 0 Å². The maximum atomic E-state index is 9.59. The van der Waals surface area contributed by atoms with E-state index in [1.807, 2.05) is 24.3 Å². The van der Waals surface area contributed by atoms with Gasteiger partial charge in [0, 0.05) is 19.8 Å². The van der Waals surface area contributed by atoms with Gasteiger partial charge in [-0.1, -0.05) is 322 Å². The van der Waals surface area contributed by atoms with Crippen molar-refractivity contribution in [3.05, 3.63) is 29.8 Å². The number of aliphatic hydroxyl groups is 1. The van der Waals surface area contributed by atoms with Gasteiger partial charge in [-0.3, -0.25) is 0 Å². The van der Waals surface area contributed by atoms with Crippen LogP contribution < -0.4 is 4.74 Å². The van der Waals surface area contributed by atoms with Crippen molar-refractivity contribution in [1.29, 1.82) is 0 Å². The van der Waals surface area contributed by atoms with Crippen LogP contribution >= 0.6 is 0 Å². The predicted molar refractivity (Wildman–Crippen MR) is 318 cm³/mol. The highest BCUT2D eigenvalue weighted by Crippen LogP contribution is 2.33. The third kappa shape index (κ3) is 42.6. The lowest BCUT2D eigenvalue weighted by Crippen LogP contribution is -2.50. The average Bonchev–Trinajstić information content (AvgIpc) is 3.41. The van der Waals surface area contributed by atoms with Gasteiger partial charge in [-0.05, 0) is 55.7 Å². The Hall–Kier alpha value is -1.14. The van der Waals surface area contributed by atoms with Crippen LogP contribution in [-0.4, -0.2) is 49.8 Å². The van der Waals surface area contributed by atoms with Crippen LogP contribution in [0.15, 0.2) is 24.3 Å². The molecule has 1 N–H and O–H groups in total. The summed E-state index contributed by atoms with van der Waals surface area (Å²) in [4.78, 5) is 0. The van der Waals surface area contributed by atoms with Gasteiger partial charge in [0.1, 0.15) is 11.9 Å². The van der Waals surface area contributed by atoms with Crippen molar-refractivity contribution in [3.63, 3.8) is 0 Å². The summed E-state index contributed by atoms with van der Waals surface area (Å²) >= 11 is 0. The lowest BCUT2D eigenvalue weighted by Gasteiger charge is -2.41. The fourth-order valence-corrected chi connectivity index (χ4v) is 11.5. The second-order valence-electron chi connectivity index (χ2n) is 23.5. The van der Waals surface area contributed by atoms with Crippen molar-refractivity contribution in [1.82, 2.24) is 0 Å². The highest BCUT2D eigenvalue weighted by molar-refractivity contribution is 5.26. The van der Waals surface area contributed by atoms with Crippen molar-refractivity contribution < 1.29 is 24.1 Å². The smallest absolute Gasteiger partial charge is 0.119 e. The normalized spacial score (nSPS) is 17.0.